The van der Waals surface area contributed by atoms with Crippen molar-refractivity contribution < 1.29 is 13.2 Å². The van der Waals surface area contributed by atoms with Crippen molar-refractivity contribution >= 4 is 21.6 Å². The van der Waals surface area contributed by atoms with Gasteiger partial charge in [-0.15, -0.1) is 0 Å². The third-order valence-corrected chi connectivity index (χ3v) is 6.70. The lowest BCUT2D eigenvalue weighted by molar-refractivity contribution is -0.116. The van der Waals surface area contributed by atoms with Gasteiger partial charge in [-0.05, 0) is 55.0 Å². The van der Waals surface area contributed by atoms with E-state index in [1.807, 2.05) is 6.92 Å². The number of nitrogens with two attached hydrogens (primary N) is 1. The fraction of sp³-hybridized carbons (Fsp3) is 0.562. The number of hydrogen-bond donors (Lipinski definition) is 2. The van der Waals surface area contributed by atoms with Crippen LogP contribution in [0.3, 0.4) is 0 Å². The summed E-state index contributed by atoms with van der Waals surface area (Å²) in [4.78, 5) is 11.9. The van der Waals surface area contributed by atoms with E-state index >= 15 is 0 Å². The number of anilines is 1. The number of benzene rings is 1. The van der Waals surface area contributed by atoms with Crippen LogP contribution < -0.4 is 11.1 Å². The average Bonchev–Trinajstić information content (AvgIpc) is 2.82. The highest BCUT2D eigenvalue weighted by molar-refractivity contribution is 7.89. The summed E-state index contributed by atoms with van der Waals surface area (Å²) < 4.78 is 27.3. The second kappa shape index (κ2) is 5.89. The van der Waals surface area contributed by atoms with E-state index in [9.17, 15) is 13.2 Å². The minimum atomic E-state index is -3.51. The number of sulfonamides is 1. The van der Waals surface area contributed by atoms with Gasteiger partial charge in [0.2, 0.25) is 15.9 Å². The highest BCUT2D eigenvalue weighted by Gasteiger charge is 2.39. The Balaban J connectivity index is 1.90. The van der Waals surface area contributed by atoms with Gasteiger partial charge in [0, 0.05) is 25.2 Å². The van der Waals surface area contributed by atoms with Crippen molar-refractivity contribution in [2.45, 2.75) is 37.5 Å². The van der Waals surface area contributed by atoms with Gasteiger partial charge < -0.3 is 11.1 Å². The van der Waals surface area contributed by atoms with Crippen LogP contribution in [0.15, 0.2) is 23.1 Å². The second-order valence-electron chi connectivity index (χ2n) is 6.82. The maximum Gasteiger partial charge on any atom is 0.243 e. The van der Waals surface area contributed by atoms with E-state index in [0.29, 0.717) is 37.4 Å². The zero-order chi connectivity index (χ0) is 16.7. The molecular formula is C16H23N3O3S. The first kappa shape index (κ1) is 16.4. The summed E-state index contributed by atoms with van der Waals surface area (Å²) in [6.07, 6.45) is 2.69. The number of fused-ring (bicyclic) bond motifs is 1. The molecular weight excluding hydrogens is 314 g/mol. The second-order valence-corrected chi connectivity index (χ2v) is 8.76. The van der Waals surface area contributed by atoms with Gasteiger partial charge in [0.15, 0.2) is 0 Å². The summed E-state index contributed by atoms with van der Waals surface area (Å²) in [5, 5.41) is 2.83. The van der Waals surface area contributed by atoms with Crippen LogP contribution in [-0.4, -0.2) is 38.3 Å². The molecule has 1 atom stereocenters. The van der Waals surface area contributed by atoms with Gasteiger partial charge in [-0.1, -0.05) is 6.92 Å². The lowest BCUT2D eigenvalue weighted by Crippen LogP contribution is -2.34. The molecule has 0 saturated carbocycles. The number of nitrogens with zero attached hydrogens (tertiary/aromatic N) is 1. The van der Waals surface area contributed by atoms with Gasteiger partial charge in [0.1, 0.15) is 0 Å². The maximum atomic E-state index is 12.9. The molecule has 0 aromatic heterocycles. The summed E-state index contributed by atoms with van der Waals surface area (Å²) in [5.74, 6) is -0.0161. The Kier molecular flexibility index (Phi) is 4.20. The fourth-order valence-corrected chi connectivity index (χ4v) is 4.85. The molecule has 1 fully saturated rings. The summed E-state index contributed by atoms with van der Waals surface area (Å²) in [7, 11) is -3.51. The molecule has 23 heavy (non-hydrogen) atoms. The van der Waals surface area contributed by atoms with E-state index in [1.165, 1.54) is 4.31 Å². The molecule has 0 bridgehead atoms. The first-order chi connectivity index (χ1) is 10.8. The molecule has 1 unspecified atom stereocenters. The molecule has 2 aliphatic rings. The van der Waals surface area contributed by atoms with Gasteiger partial charge in [0.05, 0.1) is 4.90 Å². The maximum absolute atomic E-state index is 12.9. The molecule has 1 amide bonds. The molecule has 3 N–H and O–H groups in total. The average molecular weight is 337 g/mol. The Bertz CT molecular complexity index is 732. The van der Waals surface area contributed by atoms with Crippen LogP contribution in [0.25, 0.3) is 0 Å². The molecule has 1 aromatic carbocycles. The standard InChI is InChI=1S/C16H23N3O3S/c1-16(10-17)7-8-19(11-16)23(21,22)13-5-6-14-12(9-13)3-2-4-15(20)18-14/h5-6,9H,2-4,7-8,10-11,17H2,1H3,(H,18,20). The summed E-state index contributed by atoms with van der Waals surface area (Å²) >= 11 is 0. The third kappa shape index (κ3) is 3.13. The van der Waals surface area contributed by atoms with E-state index < -0.39 is 10.0 Å². The highest BCUT2D eigenvalue weighted by atomic mass is 32.2. The number of nitrogens with one attached hydrogen (secondary N) is 1. The van der Waals surface area contributed by atoms with Crippen molar-refractivity contribution in [1.29, 1.82) is 0 Å². The third-order valence-electron chi connectivity index (χ3n) is 4.85. The molecule has 3 rings (SSSR count). The molecule has 126 valence electrons. The topological polar surface area (TPSA) is 92.5 Å². The monoisotopic (exact) mass is 337 g/mol. The Labute approximate surface area is 137 Å². The Hall–Kier alpha value is -1.44. The van der Waals surface area contributed by atoms with Crippen molar-refractivity contribution in [3.8, 4) is 0 Å². The first-order valence-corrected chi connectivity index (χ1v) is 9.41. The smallest absolute Gasteiger partial charge is 0.243 e. The number of aryl methyl sites for hydroxylation is 1. The van der Waals surface area contributed by atoms with E-state index in [-0.39, 0.29) is 11.3 Å². The Morgan fingerprint density at radius 2 is 2.13 bits per heavy atom. The predicted octanol–water partition coefficient (Wildman–Crippen LogP) is 1.32. The fourth-order valence-electron chi connectivity index (χ4n) is 3.21. The van der Waals surface area contributed by atoms with Crippen LogP contribution in [0.5, 0.6) is 0 Å². The quantitative estimate of drug-likeness (QED) is 0.870. The minimum Gasteiger partial charge on any atom is -0.330 e. The van der Waals surface area contributed by atoms with E-state index in [4.69, 9.17) is 5.73 Å². The van der Waals surface area contributed by atoms with Crippen LogP contribution in [0, 0.1) is 5.41 Å². The van der Waals surface area contributed by atoms with E-state index in [1.54, 1.807) is 18.2 Å². The lowest BCUT2D eigenvalue weighted by Gasteiger charge is -2.22. The van der Waals surface area contributed by atoms with Crippen LogP contribution in [0.2, 0.25) is 0 Å². The van der Waals surface area contributed by atoms with Crippen molar-refractivity contribution in [2.24, 2.45) is 11.1 Å². The molecule has 2 aliphatic heterocycles. The summed E-state index contributed by atoms with van der Waals surface area (Å²) in [5.41, 5.74) is 7.23. The van der Waals surface area contributed by atoms with Gasteiger partial charge >= 0.3 is 0 Å². The molecule has 7 heteroatoms. The Morgan fingerprint density at radius 3 is 2.83 bits per heavy atom. The lowest BCUT2D eigenvalue weighted by atomic mass is 9.90. The van der Waals surface area contributed by atoms with Gasteiger partial charge in [0.25, 0.3) is 0 Å². The number of carbonyl (C=O) groups excluding carboxylic acids is 1. The molecule has 0 aliphatic carbocycles. The molecule has 2 heterocycles. The number of rotatable bonds is 3. The van der Waals surface area contributed by atoms with Crippen LogP contribution in [-0.2, 0) is 21.2 Å². The largest absolute Gasteiger partial charge is 0.330 e. The van der Waals surface area contributed by atoms with Gasteiger partial charge in [-0.25, -0.2) is 8.42 Å². The van der Waals surface area contributed by atoms with Crippen LogP contribution in [0.1, 0.15) is 31.7 Å². The van der Waals surface area contributed by atoms with Crippen molar-refractivity contribution in [3.05, 3.63) is 23.8 Å². The number of hydrogen-bond acceptors (Lipinski definition) is 4. The normalized spacial score (nSPS) is 25.7. The van der Waals surface area contributed by atoms with Crippen LogP contribution >= 0.6 is 0 Å². The van der Waals surface area contributed by atoms with E-state index in [0.717, 1.165) is 24.1 Å². The summed E-state index contributed by atoms with van der Waals surface area (Å²) in [6.45, 7) is 3.47. The zero-order valence-corrected chi connectivity index (χ0v) is 14.2. The SMILES string of the molecule is CC1(CN)CCN(S(=O)(=O)c2ccc3c(c2)CCCC(=O)N3)C1. The predicted molar refractivity (Wildman–Crippen MR) is 88.5 cm³/mol. The minimum absolute atomic E-state index is 0.0161. The molecule has 6 nitrogen and oxygen atoms in total. The molecule has 0 spiro atoms. The molecule has 1 aromatic rings. The van der Waals surface area contributed by atoms with Crippen LogP contribution in [0.4, 0.5) is 5.69 Å². The van der Waals surface area contributed by atoms with Gasteiger partial charge in [-0.2, -0.15) is 4.31 Å². The van der Waals surface area contributed by atoms with Gasteiger partial charge in [-0.3, -0.25) is 4.79 Å². The van der Waals surface area contributed by atoms with Crippen molar-refractivity contribution in [2.75, 3.05) is 25.0 Å². The zero-order valence-electron chi connectivity index (χ0n) is 13.3. The molecule has 1 saturated heterocycles. The van der Waals surface area contributed by atoms with Crippen molar-refractivity contribution in [1.82, 2.24) is 4.31 Å². The highest BCUT2D eigenvalue weighted by Crippen LogP contribution is 2.33. The van der Waals surface area contributed by atoms with E-state index in [2.05, 4.69) is 5.32 Å². The number of carbonyl (C=O) groups is 1. The number of amides is 1. The van der Waals surface area contributed by atoms with Crippen molar-refractivity contribution in [3.63, 3.8) is 0 Å². The summed E-state index contributed by atoms with van der Waals surface area (Å²) in [6, 6.07) is 4.98. The Morgan fingerprint density at radius 1 is 1.35 bits per heavy atom. The first-order valence-electron chi connectivity index (χ1n) is 7.97. The molecule has 0 radical (unpaired) electrons.